The average Bonchev–Trinajstić information content (AvgIpc) is 2.91. The van der Waals surface area contributed by atoms with Gasteiger partial charge >= 0.3 is 5.97 Å². The molecule has 0 saturated carbocycles. The van der Waals surface area contributed by atoms with Gasteiger partial charge in [-0.1, -0.05) is 0 Å². The van der Waals surface area contributed by atoms with Crippen molar-refractivity contribution in [1.82, 2.24) is 9.88 Å². The smallest absolute Gasteiger partial charge is 0.335 e. The lowest BCUT2D eigenvalue weighted by molar-refractivity contribution is -0.122. The molecule has 1 amide bonds. The van der Waals surface area contributed by atoms with Crippen LogP contribution < -0.4 is 0 Å². The number of likely N-dealkylation sites (N-methyl/N-ethyl adjacent to an activating group) is 1. The van der Waals surface area contributed by atoms with E-state index in [1.807, 2.05) is 25.1 Å². The number of benzene rings is 1. The van der Waals surface area contributed by atoms with E-state index in [9.17, 15) is 9.59 Å². The Morgan fingerprint density at radius 3 is 2.52 bits per heavy atom. The van der Waals surface area contributed by atoms with Crippen molar-refractivity contribution >= 4 is 40.6 Å². The van der Waals surface area contributed by atoms with E-state index in [4.69, 9.17) is 5.11 Å². The van der Waals surface area contributed by atoms with Crippen molar-refractivity contribution in [2.45, 2.75) is 6.92 Å². The van der Waals surface area contributed by atoms with Crippen molar-refractivity contribution in [3.8, 4) is 0 Å². The zero-order chi connectivity index (χ0) is 17.8. The maximum atomic E-state index is 12.5. The molecule has 6 nitrogen and oxygen atoms in total. The predicted molar refractivity (Wildman–Crippen MR) is 97.7 cm³/mol. The van der Waals surface area contributed by atoms with Gasteiger partial charge in [0, 0.05) is 18.9 Å². The standard InChI is InChI=1S/C18H15N3O3S/c1-2-21-16(22)15(11-12-7-9-19-10-8-12)25-18(21)20-14-5-3-13(4-6-14)17(23)24/h3-11H,2H2,1H3,(H,23,24)/b15-11-,20-18?. The van der Waals surface area contributed by atoms with Gasteiger partial charge in [0.2, 0.25) is 0 Å². The third kappa shape index (κ3) is 3.77. The molecule has 1 aliphatic rings. The van der Waals surface area contributed by atoms with Crippen molar-refractivity contribution in [2.24, 2.45) is 4.99 Å². The summed E-state index contributed by atoms with van der Waals surface area (Å²) < 4.78 is 0. The highest BCUT2D eigenvalue weighted by molar-refractivity contribution is 8.18. The lowest BCUT2D eigenvalue weighted by Crippen LogP contribution is -2.28. The molecule has 1 N–H and O–H groups in total. The van der Waals surface area contributed by atoms with Gasteiger partial charge < -0.3 is 5.11 Å². The van der Waals surface area contributed by atoms with Crippen molar-refractivity contribution in [2.75, 3.05) is 6.54 Å². The van der Waals surface area contributed by atoms with Crippen molar-refractivity contribution in [1.29, 1.82) is 0 Å². The van der Waals surface area contributed by atoms with E-state index in [1.54, 1.807) is 29.4 Å². The predicted octanol–water partition coefficient (Wildman–Crippen LogP) is 3.40. The van der Waals surface area contributed by atoms with E-state index in [2.05, 4.69) is 9.98 Å². The summed E-state index contributed by atoms with van der Waals surface area (Å²) in [6.07, 6.45) is 5.16. The molecule has 25 heavy (non-hydrogen) atoms. The van der Waals surface area contributed by atoms with Gasteiger partial charge in [0.05, 0.1) is 16.2 Å². The Morgan fingerprint density at radius 2 is 1.92 bits per heavy atom. The van der Waals surface area contributed by atoms with Crippen LogP contribution in [0.2, 0.25) is 0 Å². The number of aromatic nitrogens is 1. The molecule has 1 aromatic carbocycles. The molecule has 7 heteroatoms. The van der Waals surface area contributed by atoms with Crippen LogP contribution in [-0.2, 0) is 4.79 Å². The van der Waals surface area contributed by atoms with Crippen LogP contribution in [-0.4, -0.2) is 38.6 Å². The Labute approximate surface area is 148 Å². The molecule has 3 rings (SSSR count). The van der Waals surface area contributed by atoms with Crippen molar-refractivity contribution in [3.63, 3.8) is 0 Å². The molecule has 2 heterocycles. The van der Waals surface area contributed by atoms with Crippen LogP contribution >= 0.6 is 11.8 Å². The largest absolute Gasteiger partial charge is 0.478 e. The van der Waals surface area contributed by atoms with Gasteiger partial charge in [-0.15, -0.1) is 0 Å². The number of aliphatic imine (C=N–C) groups is 1. The van der Waals surface area contributed by atoms with E-state index in [0.29, 0.717) is 22.3 Å². The number of hydrogen-bond donors (Lipinski definition) is 1. The first-order chi connectivity index (χ1) is 12.1. The summed E-state index contributed by atoms with van der Waals surface area (Å²) in [5.74, 6) is -1.08. The van der Waals surface area contributed by atoms with Gasteiger partial charge in [-0.05, 0) is 66.7 Å². The third-order valence-electron chi connectivity index (χ3n) is 3.55. The summed E-state index contributed by atoms with van der Waals surface area (Å²) in [5, 5.41) is 9.52. The monoisotopic (exact) mass is 353 g/mol. The molecule has 0 atom stereocenters. The molecule has 0 spiro atoms. The second-order valence-electron chi connectivity index (χ2n) is 5.19. The Morgan fingerprint density at radius 1 is 1.24 bits per heavy atom. The highest BCUT2D eigenvalue weighted by Gasteiger charge is 2.32. The second kappa shape index (κ2) is 7.31. The minimum Gasteiger partial charge on any atom is -0.478 e. The maximum absolute atomic E-state index is 12.5. The average molecular weight is 353 g/mol. The fourth-order valence-electron chi connectivity index (χ4n) is 2.27. The number of hydrogen-bond acceptors (Lipinski definition) is 5. The van der Waals surface area contributed by atoms with Gasteiger partial charge in [0.1, 0.15) is 0 Å². The first-order valence-electron chi connectivity index (χ1n) is 7.62. The normalized spacial score (nSPS) is 17.5. The van der Waals surface area contributed by atoms with Gasteiger partial charge in [-0.3, -0.25) is 14.7 Å². The summed E-state index contributed by atoms with van der Waals surface area (Å²) in [5.41, 5.74) is 1.70. The van der Waals surface area contributed by atoms with Crippen LogP contribution in [0.25, 0.3) is 6.08 Å². The minimum absolute atomic E-state index is 0.0924. The topological polar surface area (TPSA) is 82.9 Å². The molecule has 1 aromatic heterocycles. The quantitative estimate of drug-likeness (QED) is 0.852. The van der Waals surface area contributed by atoms with Crippen LogP contribution in [0.5, 0.6) is 0 Å². The Hall–Kier alpha value is -2.93. The molecule has 1 fully saturated rings. The first-order valence-corrected chi connectivity index (χ1v) is 8.43. The van der Waals surface area contributed by atoms with E-state index in [0.717, 1.165) is 5.56 Å². The Kier molecular flexibility index (Phi) is 4.95. The number of carbonyl (C=O) groups excluding carboxylic acids is 1. The first kappa shape index (κ1) is 16.9. The molecule has 0 aliphatic carbocycles. The zero-order valence-electron chi connectivity index (χ0n) is 13.4. The number of carboxylic acids is 1. The van der Waals surface area contributed by atoms with E-state index < -0.39 is 5.97 Å². The number of rotatable bonds is 4. The van der Waals surface area contributed by atoms with Gasteiger partial charge in [-0.2, -0.15) is 0 Å². The highest BCUT2D eigenvalue weighted by Crippen LogP contribution is 2.33. The van der Waals surface area contributed by atoms with E-state index in [1.165, 1.54) is 23.9 Å². The fourth-order valence-corrected chi connectivity index (χ4v) is 3.33. The number of pyridine rings is 1. The lowest BCUT2D eigenvalue weighted by atomic mass is 10.2. The van der Waals surface area contributed by atoms with Gasteiger partial charge in [0.25, 0.3) is 5.91 Å². The van der Waals surface area contributed by atoms with Crippen LogP contribution in [0.15, 0.2) is 58.7 Å². The summed E-state index contributed by atoms with van der Waals surface area (Å²) in [6, 6.07) is 9.90. The molecular formula is C18H15N3O3S. The second-order valence-corrected chi connectivity index (χ2v) is 6.20. The number of amides is 1. The van der Waals surface area contributed by atoms with Gasteiger partial charge in [-0.25, -0.2) is 9.79 Å². The number of carbonyl (C=O) groups is 2. The lowest BCUT2D eigenvalue weighted by Gasteiger charge is -2.12. The summed E-state index contributed by atoms with van der Waals surface area (Å²) in [4.78, 5) is 34.1. The molecule has 0 unspecified atom stereocenters. The molecule has 126 valence electrons. The summed E-state index contributed by atoms with van der Waals surface area (Å²) >= 11 is 1.30. The Bertz CT molecular complexity index is 861. The van der Waals surface area contributed by atoms with Crippen molar-refractivity contribution < 1.29 is 14.7 Å². The van der Waals surface area contributed by atoms with Crippen molar-refractivity contribution in [3.05, 3.63) is 64.8 Å². The maximum Gasteiger partial charge on any atom is 0.335 e. The van der Waals surface area contributed by atoms with Crippen LogP contribution in [0.4, 0.5) is 5.69 Å². The minimum atomic E-state index is -0.984. The number of aromatic carboxylic acids is 1. The van der Waals surface area contributed by atoms with Crippen LogP contribution in [0.1, 0.15) is 22.8 Å². The van der Waals surface area contributed by atoms with Crippen LogP contribution in [0, 0.1) is 0 Å². The van der Waals surface area contributed by atoms with E-state index in [-0.39, 0.29) is 11.5 Å². The summed E-state index contributed by atoms with van der Waals surface area (Å²) in [6.45, 7) is 2.39. The highest BCUT2D eigenvalue weighted by atomic mass is 32.2. The molecular weight excluding hydrogens is 338 g/mol. The SMILES string of the molecule is CCN1C(=O)/C(=C/c2ccncc2)SC1=Nc1ccc(C(=O)O)cc1. The molecule has 1 saturated heterocycles. The third-order valence-corrected chi connectivity index (χ3v) is 4.55. The number of thioether (sulfide) groups is 1. The molecule has 1 aliphatic heterocycles. The molecule has 2 aromatic rings. The number of nitrogens with zero attached hydrogens (tertiary/aromatic N) is 3. The zero-order valence-corrected chi connectivity index (χ0v) is 14.2. The van der Waals surface area contributed by atoms with E-state index >= 15 is 0 Å². The number of carboxylic acid groups (broad SMARTS) is 1. The molecule has 0 bridgehead atoms. The van der Waals surface area contributed by atoms with Crippen LogP contribution in [0.3, 0.4) is 0 Å². The molecule has 0 radical (unpaired) electrons. The Balaban J connectivity index is 1.89. The number of amidine groups is 1. The van der Waals surface area contributed by atoms with Gasteiger partial charge in [0.15, 0.2) is 5.17 Å². The summed E-state index contributed by atoms with van der Waals surface area (Å²) in [7, 11) is 0. The fraction of sp³-hybridized carbons (Fsp3) is 0.111.